The van der Waals surface area contributed by atoms with Crippen LogP contribution in [0.1, 0.15) is 26.1 Å². The molecule has 1 atom stereocenters. The Hall–Kier alpha value is -2.98. The first-order valence-electron chi connectivity index (χ1n) is 9.07. The normalized spacial score (nSPS) is 22.0. The van der Waals surface area contributed by atoms with Crippen molar-refractivity contribution in [1.29, 1.82) is 0 Å². The Bertz CT molecular complexity index is 975. The molecule has 28 heavy (non-hydrogen) atoms. The van der Waals surface area contributed by atoms with E-state index in [1.165, 1.54) is 0 Å². The van der Waals surface area contributed by atoms with Gasteiger partial charge in [0, 0.05) is 11.1 Å². The van der Waals surface area contributed by atoms with E-state index in [1.807, 2.05) is 74.6 Å². The predicted octanol–water partition coefficient (Wildman–Crippen LogP) is 5.96. The van der Waals surface area contributed by atoms with Crippen LogP contribution < -0.4 is 0 Å². The summed E-state index contributed by atoms with van der Waals surface area (Å²) in [6.45, 7) is 8.08. The van der Waals surface area contributed by atoms with Gasteiger partial charge >= 0.3 is 0 Å². The smallest absolute Gasteiger partial charge is 0.226 e. The average Bonchev–Trinajstić information content (AvgIpc) is 2.76. The van der Waals surface area contributed by atoms with Crippen LogP contribution in [-0.2, 0) is 4.74 Å². The van der Waals surface area contributed by atoms with Gasteiger partial charge in [0.25, 0.3) is 0 Å². The van der Waals surface area contributed by atoms with Crippen molar-refractivity contribution in [3.05, 3.63) is 95.8 Å². The molecule has 1 aromatic carbocycles. The van der Waals surface area contributed by atoms with Gasteiger partial charge in [-0.2, -0.15) is 9.97 Å². The first-order chi connectivity index (χ1) is 13.5. The third-order valence-corrected chi connectivity index (χ3v) is 4.36. The van der Waals surface area contributed by atoms with Crippen LogP contribution in [-0.4, -0.2) is 21.1 Å². The van der Waals surface area contributed by atoms with Gasteiger partial charge in [-0.05, 0) is 43.5 Å². The second-order valence-electron chi connectivity index (χ2n) is 6.40. The second kappa shape index (κ2) is 9.29. The van der Waals surface area contributed by atoms with Crippen molar-refractivity contribution in [2.45, 2.75) is 26.4 Å². The summed E-state index contributed by atoms with van der Waals surface area (Å²) in [5, 5.41) is 0.141. The van der Waals surface area contributed by atoms with Crippen LogP contribution in [0.5, 0.6) is 0 Å². The van der Waals surface area contributed by atoms with Crippen LogP contribution in [0.3, 0.4) is 0 Å². The minimum Gasteiger partial charge on any atom is -0.491 e. The largest absolute Gasteiger partial charge is 0.491 e. The molecule has 2 heterocycles. The van der Waals surface area contributed by atoms with Gasteiger partial charge in [0.05, 0.1) is 5.76 Å². The van der Waals surface area contributed by atoms with E-state index in [1.54, 1.807) is 0 Å². The van der Waals surface area contributed by atoms with Gasteiger partial charge in [0.2, 0.25) is 5.28 Å². The first kappa shape index (κ1) is 19.8. The Morgan fingerprint density at radius 2 is 1.96 bits per heavy atom. The molecule has 0 saturated heterocycles. The van der Waals surface area contributed by atoms with Crippen molar-refractivity contribution in [3.63, 3.8) is 0 Å². The Labute approximate surface area is 170 Å². The molecule has 1 aliphatic rings. The van der Waals surface area contributed by atoms with Crippen molar-refractivity contribution in [3.8, 4) is 11.4 Å². The van der Waals surface area contributed by atoms with E-state index >= 15 is 0 Å². The van der Waals surface area contributed by atoms with Gasteiger partial charge in [0.15, 0.2) is 11.6 Å². The number of aromatic nitrogens is 3. The molecule has 2 aromatic rings. The van der Waals surface area contributed by atoms with E-state index in [2.05, 4.69) is 27.6 Å². The molecule has 0 bridgehead atoms. The molecule has 0 amide bonds. The van der Waals surface area contributed by atoms with E-state index in [0.717, 1.165) is 23.3 Å². The quantitative estimate of drug-likeness (QED) is 0.603. The van der Waals surface area contributed by atoms with Crippen molar-refractivity contribution in [1.82, 2.24) is 15.0 Å². The first-order valence-corrected chi connectivity index (χ1v) is 9.45. The topological polar surface area (TPSA) is 47.9 Å². The standard InChI is InChI=1S/C23H22ClN3O/c1-16(14-15-19-11-7-4-6-10-17(2)28-18(19)3)21-25-22(27-23(24)26-21)20-12-8-5-9-13-20/h4-10,12-15,17H,1,11H2,2-3H3/b7-4-,10-6-,15-14-,19-18+. The summed E-state index contributed by atoms with van der Waals surface area (Å²) in [4.78, 5) is 13.0. The fraction of sp³-hybridized carbons (Fsp3) is 0.174. The predicted molar refractivity (Wildman–Crippen MR) is 115 cm³/mol. The Morgan fingerprint density at radius 3 is 2.75 bits per heavy atom. The molecule has 142 valence electrons. The Kier molecular flexibility index (Phi) is 6.56. The minimum absolute atomic E-state index is 0.0186. The lowest BCUT2D eigenvalue weighted by atomic mass is 10.1. The highest BCUT2D eigenvalue weighted by atomic mass is 35.5. The maximum atomic E-state index is 6.12. The van der Waals surface area contributed by atoms with Gasteiger partial charge in [-0.3, -0.25) is 0 Å². The van der Waals surface area contributed by atoms with Crippen LogP contribution in [0, 0.1) is 0 Å². The fourth-order valence-corrected chi connectivity index (χ4v) is 2.86. The Balaban J connectivity index is 1.85. The number of benzene rings is 1. The van der Waals surface area contributed by atoms with Crippen LogP contribution in [0.2, 0.25) is 5.28 Å². The van der Waals surface area contributed by atoms with Crippen LogP contribution in [0.25, 0.3) is 17.0 Å². The maximum Gasteiger partial charge on any atom is 0.226 e. The van der Waals surface area contributed by atoms with Crippen molar-refractivity contribution >= 4 is 17.2 Å². The average molecular weight is 392 g/mol. The third-order valence-electron chi connectivity index (χ3n) is 4.19. The van der Waals surface area contributed by atoms with Crippen molar-refractivity contribution in [2.75, 3.05) is 0 Å². The molecule has 5 heteroatoms. The summed E-state index contributed by atoms with van der Waals surface area (Å²) >= 11 is 6.12. The molecule has 0 fully saturated rings. The van der Waals surface area contributed by atoms with Gasteiger partial charge < -0.3 is 4.74 Å². The maximum absolute atomic E-state index is 6.12. The van der Waals surface area contributed by atoms with Crippen molar-refractivity contribution in [2.24, 2.45) is 0 Å². The highest BCUT2D eigenvalue weighted by Crippen LogP contribution is 2.21. The number of hydrogen-bond acceptors (Lipinski definition) is 4. The summed E-state index contributed by atoms with van der Waals surface area (Å²) in [5.41, 5.74) is 2.59. The summed E-state index contributed by atoms with van der Waals surface area (Å²) in [6, 6.07) is 9.65. The van der Waals surface area contributed by atoms with Crippen LogP contribution in [0.4, 0.5) is 0 Å². The monoisotopic (exact) mass is 391 g/mol. The number of rotatable bonds is 4. The summed E-state index contributed by atoms with van der Waals surface area (Å²) < 4.78 is 5.93. The van der Waals surface area contributed by atoms with Crippen LogP contribution in [0.15, 0.2) is 84.7 Å². The number of allylic oxidation sites excluding steroid dienone is 8. The summed E-state index contributed by atoms with van der Waals surface area (Å²) in [5.74, 6) is 1.85. The SMILES string of the molecule is C=C(/C=C\C1=C(/C)OC(C)/C=C\C=C/C1)c1nc(Cl)nc(-c2ccccc2)n1. The number of hydrogen-bond donors (Lipinski definition) is 0. The van der Waals surface area contributed by atoms with E-state index < -0.39 is 0 Å². The van der Waals surface area contributed by atoms with E-state index in [9.17, 15) is 0 Å². The highest BCUT2D eigenvalue weighted by Gasteiger charge is 2.09. The molecule has 3 rings (SSSR count). The zero-order chi connectivity index (χ0) is 19.9. The van der Waals surface area contributed by atoms with E-state index in [-0.39, 0.29) is 11.4 Å². The summed E-state index contributed by atoms with van der Waals surface area (Å²) in [6.07, 6.45) is 12.8. The molecular formula is C23H22ClN3O. The minimum atomic E-state index is 0.0186. The molecule has 0 radical (unpaired) electrons. The molecule has 0 saturated carbocycles. The van der Waals surface area contributed by atoms with Gasteiger partial charge in [0.1, 0.15) is 6.10 Å². The molecule has 1 aliphatic heterocycles. The third kappa shape index (κ3) is 5.27. The zero-order valence-corrected chi connectivity index (χ0v) is 16.7. The van der Waals surface area contributed by atoms with E-state index in [4.69, 9.17) is 16.3 Å². The van der Waals surface area contributed by atoms with E-state index in [0.29, 0.717) is 17.2 Å². The zero-order valence-electron chi connectivity index (χ0n) is 16.0. The van der Waals surface area contributed by atoms with Gasteiger partial charge in [-0.25, -0.2) is 4.98 Å². The van der Waals surface area contributed by atoms with Crippen molar-refractivity contribution < 1.29 is 4.74 Å². The molecule has 4 nitrogen and oxygen atoms in total. The highest BCUT2D eigenvalue weighted by molar-refractivity contribution is 6.28. The number of nitrogens with zero attached hydrogens (tertiary/aromatic N) is 3. The lowest BCUT2D eigenvalue weighted by Gasteiger charge is -2.13. The molecule has 0 aliphatic carbocycles. The molecule has 0 spiro atoms. The van der Waals surface area contributed by atoms with Gasteiger partial charge in [-0.15, -0.1) is 0 Å². The molecule has 0 N–H and O–H groups in total. The Morgan fingerprint density at radius 1 is 1.18 bits per heavy atom. The number of ether oxygens (including phenoxy) is 1. The second-order valence-corrected chi connectivity index (χ2v) is 6.74. The van der Waals surface area contributed by atoms with Crippen LogP contribution >= 0.6 is 11.6 Å². The summed E-state index contributed by atoms with van der Waals surface area (Å²) in [7, 11) is 0. The lowest BCUT2D eigenvalue weighted by Crippen LogP contribution is -2.03. The molecule has 1 unspecified atom stereocenters. The molecular weight excluding hydrogens is 370 g/mol. The fourth-order valence-electron chi connectivity index (χ4n) is 2.70. The lowest BCUT2D eigenvalue weighted by molar-refractivity contribution is 0.169. The number of halogens is 1. The van der Waals surface area contributed by atoms with Gasteiger partial charge in [-0.1, -0.05) is 67.3 Å². The molecule has 1 aromatic heterocycles.